The number of nitrogens with one attached hydrogen (secondary N) is 1. The van der Waals surface area contributed by atoms with Gasteiger partial charge in [-0.3, -0.25) is 19.2 Å². The van der Waals surface area contributed by atoms with Crippen LogP contribution in [0.25, 0.3) is 0 Å². The molecule has 0 saturated carbocycles. The van der Waals surface area contributed by atoms with Gasteiger partial charge in [-0.1, -0.05) is 68.5 Å². The molecule has 226 valence electrons. The molecule has 5 bridgehead atoms. The van der Waals surface area contributed by atoms with Crippen molar-refractivity contribution in [2.75, 3.05) is 19.7 Å². The molecule has 4 aliphatic heterocycles. The summed E-state index contributed by atoms with van der Waals surface area (Å²) in [5.41, 5.74) is -0.449. The maximum atomic E-state index is 14.7. The highest BCUT2D eigenvalue weighted by Crippen LogP contribution is 2.56. The van der Waals surface area contributed by atoms with E-state index >= 15 is 0 Å². The van der Waals surface area contributed by atoms with E-state index in [9.17, 15) is 24.3 Å². The summed E-state index contributed by atoms with van der Waals surface area (Å²) in [7, 11) is 0. The van der Waals surface area contributed by atoms with Crippen molar-refractivity contribution in [1.82, 2.24) is 15.1 Å². The molecule has 0 aromatic heterocycles. The number of nitrogens with zero attached hydrogens (tertiary/aromatic N) is 2. The van der Waals surface area contributed by atoms with E-state index in [4.69, 9.17) is 9.47 Å². The van der Waals surface area contributed by atoms with Gasteiger partial charge in [0, 0.05) is 19.5 Å². The summed E-state index contributed by atoms with van der Waals surface area (Å²) in [4.78, 5) is 58.1. The van der Waals surface area contributed by atoms with E-state index in [-0.39, 0.29) is 56.3 Å². The van der Waals surface area contributed by atoms with Crippen LogP contribution in [-0.2, 0) is 35.2 Å². The number of aliphatic hydroxyl groups excluding tert-OH is 1. The summed E-state index contributed by atoms with van der Waals surface area (Å²) in [6, 6.07) is 7.87. The number of carbonyl (C=O) groups excluding carboxylic acids is 4. The van der Waals surface area contributed by atoms with Crippen LogP contribution in [0.5, 0.6) is 0 Å². The van der Waals surface area contributed by atoms with Crippen molar-refractivity contribution in [3.8, 4) is 0 Å². The molecule has 4 heterocycles. The number of ether oxygens (including phenoxy) is 2. The maximum Gasteiger partial charge on any atom is 0.313 e. The Hall–Kier alpha value is -3.50. The number of allylic oxidation sites excluding steroid dienone is 1. The van der Waals surface area contributed by atoms with Gasteiger partial charge in [-0.2, -0.15) is 0 Å². The molecule has 10 nitrogen and oxygen atoms in total. The summed E-state index contributed by atoms with van der Waals surface area (Å²) < 4.78 is 12.2. The molecule has 0 aliphatic carbocycles. The number of cyclic esters (lactones) is 1. The number of rotatable bonds is 6. The number of fused-ring (bicyclic) bond motifs is 2. The molecule has 0 unspecified atom stereocenters. The Labute approximate surface area is 246 Å². The van der Waals surface area contributed by atoms with E-state index in [0.29, 0.717) is 12.8 Å². The summed E-state index contributed by atoms with van der Waals surface area (Å²) in [6.07, 6.45) is 7.12. The molecule has 1 aromatic carbocycles. The Morgan fingerprint density at radius 3 is 2.57 bits per heavy atom. The lowest BCUT2D eigenvalue weighted by atomic mass is 9.74. The van der Waals surface area contributed by atoms with Crippen molar-refractivity contribution in [3.63, 3.8) is 0 Å². The SMILES string of the molecule is CC(C)C[C@H](CO)N1C(=O)[C@H]2[C@@H]3C(=O)O[C@H](C)CNC(=O)CC/C=C\CN(Cc4ccccc4)C(=O)[C@H]1[C@@]21C=C[C@@H]3O1. The number of benzene rings is 1. The van der Waals surface area contributed by atoms with Crippen molar-refractivity contribution in [2.24, 2.45) is 17.8 Å². The highest BCUT2D eigenvalue weighted by Gasteiger charge is 2.74. The molecule has 4 aliphatic rings. The van der Waals surface area contributed by atoms with Crippen LogP contribution < -0.4 is 5.32 Å². The minimum absolute atomic E-state index is 0.141. The maximum absolute atomic E-state index is 14.7. The fraction of sp³-hybridized carbons (Fsp3) is 0.562. The molecule has 2 N–H and O–H groups in total. The van der Waals surface area contributed by atoms with Crippen molar-refractivity contribution in [1.29, 1.82) is 0 Å². The molecule has 7 atom stereocenters. The first-order valence-electron chi connectivity index (χ1n) is 14.9. The summed E-state index contributed by atoms with van der Waals surface area (Å²) in [5, 5.41) is 13.3. The first kappa shape index (κ1) is 30.0. The van der Waals surface area contributed by atoms with Crippen LogP contribution >= 0.6 is 0 Å². The molecule has 10 heteroatoms. The zero-order valence-electron chi connectivity index (χ0n) is 24.5. The molecule has 0 radical (unpaired) electrons. The van der Waals surface area contributed by atoms with Crippen LogP contribution in [0.4, 0.5) is 0 Å². The Kier molecular flexibility index (Phi) is 8.84. The Bertz CT molecular complexity index is 1250. The lowest BCUT2D eigenvalue weighted by Crippen LogP contribution is -2.58. The van der Waals surface area contributed by atoms with Crippen LogP contribution in [0.1, 0.15) is 45.6 Å². The zero-order chi connectivity index (χ0) is 30.0. The largest absolute Gasteiger partial charge is 0.460 e. The third-order valence-electron chi connectivity index (χ3n) is 8.63. The molecule has 2 fully saturated rings. The first-order chi connectivity index (χ1) is 20.2. The van der Waals surface area contributed by atoms with Gasteiger partial charge in [-0.05, 0) is 31.2 Å². The van der Waals surface area contributed by atoms with Gasteiger partial charge in [-0.25, -0.2) is 0 Å². The van der Waals surface area contributed by atoms with Gasteiger partial charge in [0.15, 0.2) is 0 Å². The van der Waals surface area contributed by atoms with Gasteiger partial charge in [-0.15, -0.1) is 0 Å². The fourth-order valence-corrected chi connectivity index (χ4v) is 6.78. The van der Waals surface area contributed by atoms with Gasteiger partial charge in [0.2, 0.25) is 17.7 Å². The summed E-state index contributed by atoms with van der Waals surface area (Å²) in [6.45, 7) is 6.04. The normalized spacial score (nSPS) is 33.1. The average molecular weight is 580 g/mol. The van der Waals surface area contributed by atoms with E-state index in [1.54, 1.807) is 24.0 Å². The standard InChI is InChI=1S/C32H41N3O7/c1-20(2)16-23(19-36)35-28-30(39)34(18-22-10-6-4-7-11-22)15-9-5-8-12-25(37)33-17-21(3)41-31(40)26-24-13-14-32(28,42-24)27(26)29(35)38/h4-7,9-11,13-14,20-21,23-24,26-28,36H,8,12,15-19H2,1-3H3,(H,33,37)/b9-5-/t21-,23-,24+,26-,27-,28+,32-/m1/s1. The summed E-state index contributed by atoms with van der Waals surface area (Å²) >= 11 is 0. The highest BCUT2D eigenvalue weighted by molar-refractivity contribution is 5.99. The number of likely N-dealkylation sites (tertiary alicyclic amines) is 1. The smallest absolute Gasteiger partial charge is 0.313 e. The highest BCUT2D eigenvalue weighted by atomic mass is 16.6. The Balaban J connectivity index is 1.59. The second kappa shape index (κ2) is 12.4. The number of hydrogen-bond acceptors (Lipinski definition) is 7. The molecule has 2 saturated heterocycles. The third kappa shape index (κ3) is 5.62. The van der Waals surface area contributed by atoms with E-state index < -0.39 is 47.7 Å². The Morgan fingerprint density at radius 1 is 1.10 bits per heavy atom. The molecule has 5 rings (SSSR count). The first-order valence-corrected chi connectivity index (χ1v) is 14.9. The van der Waals surface area contributed by atoms with Gasteiger partial charge < -0.3 is 29.7 Å². The van der Waals surface area contributed by atoms with E-state index in [2.05, 4.69) is 5.32 Å². The van der Waals surface area contributed by atoms with Gasteiger partial charge >= 0.3 is 5.97 Å². The predicted octanol–water partition coefficient (Wildman–Crippen LogP) is 1.97. The van der Waals surface area contributed by atoms with Crippen molar-refractivity contribution in [3.05, 3.63) is 60.2 Å². The lowest BCUT2D eigenvalue weighted by Gasteiger charge is -2.39. The molecular weight excluding hydrogens is 538 g/mol. The topological polar surface area (TPSA) is 125 Å². The molecule has 3 amide bonds. The van der Waals surface area contributed by atoms with Gasteiger partial charge in [0.1, 0.15) is 23.7 Å². The van der Waals surface area contributed by atoms with Crippen LogP contribution in [0.15, 0.2) is 54.6 Å². The molecule has 1 aromatic rings. The number of hydrogen-bond donors (Lipinski definition) is 2. The van der Waals surface area contributed by atoms with Gasteiger partial charge in [0.05, 0.1) is 31.2 Å². The van der Waals surface area contributed by atoms with Crippen molar-refractivity contribution < 1.29 is 33.8 Å². The number of aliphatic hydroxyl groups is 1. The Morgan fingerprint density at radius 2 is 1.86 bits per heavy atom. The number of amides is 3. The van der Waals surface area contributed by atoms with E-state index in [1.807, 2.05) is 56.3 Å². The molecule has 42 heavy (non-hydrogen) atoms. The van der Waals surface area contributed by atoms with E-state index in [0.717, 1.165) is 5.56 Å². The minimum Gasteiger partial charge on any atom is -0.460 e. The van der Waals surface area contributed by atoms with Crippen LogP contribution in [0.2, 0.25) is 0 Å². The lowest BCUT2D eigenvalue weighted by molar-refractivity contribution is -0.159. The third-order valence-corrected chi connectivity index (χ3v) is 8.63. The summed E-state index contributed by atoms with van der Waals surface area (Å²) in [5.74, 6) is -3.26. The molecule has 1 spiro atoms. The monoisotopic (exact) mass is 579 g/mol. The minimum atomic E-state index is -1.36. The van der Waals surface area contributed by atoms with Crippen molar-refractivity contribution in [2.45, 2.75) is 76.5 Å². The average Bonchev–Trinajstić information content (AvgIpc) is 3.61. The number of esters is 1. The van der Waals surface area contributed by atoms with Crippen LogP contribution in [0, 0.1) is 17.8 Å². The second-order valence-electron chi connectivity index (χ2n) is 12.2. The van der Waals surface area contributed by atoms with Crippen LogP contribution in [-0.4, -0.2) is 88.2 Å². The van der Waals surface area contributed by atoms with E-state index in [1.165, 1.54) is 4.90 Å². The quantitative estimate of drug-likeness (QED) is 0.390. The predicted molar refractivity (Wildman–Crippen MR) is 153 cm³/mol. The van der Waals surface area contributed by atoms with Crippen LogP contribution in [0.3, 0.4) is 0 Å². The fourth-order valence-electron chi connectivity index (χ4n) is 6.78. The number of carbonyl (C=O) groups is 4. The second-order valence-corrected chi connectivity index (χ2v) is 12.2. The molecular formula is C32H41N3O7. The zero-order valence-corrected chi connectivity index (χ0v) is 24.5. The van der Waals surface area contributed by atoms with Gasteiger partial charge in [0.25, 0.3) is 0 Å². The van der Waals surface area contributed by atoms with Crippen molar-refractivity contribution >= 4 is 23.7 Å².